The van der Waals surface area contributed by atoms with Crippen molar-refractivity contribution in [3.8, 4) is 0 Å². The highest BCUT2D eigenvalue weighted by Crippen LogP contribution is 2.10. The van der Waals surface area contributed by atoms with E-state index < -0.39 is 0 Å². The standard InChI is InChI=1S/C12H22O2/c1-5-10(3)8-7-9-12(6-2)14-11(4)13/h8,12H,5-7,9H2,1-4H3/t12-/m1/s1. The van der Waals surface area contributed by atoms with E-state index in [2.05, 4.69) is 19.9 Å². The Hall–Kier alpha value is -0.790. The molecule has 2 heteroatoms. The molecule has 0 aromatic carbocycles. The van der Waals surface area contributed by atoms with Crippen LogP contribution in [-0.2, 0) is 9.53 Å². The Morgan fingerprint density at radius 1 is 1.36 bits per heavy atom. The summed E-state index contributed by atoms with van der Waals surface area (Å²) in [5.41, 5.74) is 1.41. The van der Waals surface area contributed by atoms with Crippen molar-refractivity contribution in [1.29, 1.82) is 0 Å². The lowest BCUT2D eigenvalue weighted by molar-refractivity contribution is -0.146. The Labute approximate surface area is 87.3 Å². The summed E-state index contributed by atoms with van der Waals surface area (Å²) < 4.78 is 5.15. The average molecular weight is 198 g/mol. The van der Waals surface area contributed by atoms with Gasteiger partial charge in [-0.15, -0.1) is 0 Å². The summed E-state index contributed by atoms with van der Waals surface area (Å²) in [6.45, 7) is 7.79. The van der Waals surface area contributed by atoms with E-state index >= 15 is 0 Å². The molecule has 0 fully saturated rings. The fourth-order valence-corrected chi connectivity index (χ4v) is 1.24. The molecule has 0 aliphatic rings. The highest BCUT2D eigenvalue weighted by Gasteiger charge is 2.07. The molecule has 0 unspecified atom stereocenters. The fraction of sp³-hybridized carbons (Fsp3) is 0.750. The lowest BCUT2D eigenvalue weighted by Crippen LogP contribution is -2.14. The second-order valence-corrected chi connectivity index (χ2v) is 3.62. The first-order valence-corrected chi connectivity index (χ1v) is 5.43. The van der Waals surface area contributed by atoms with Gasteiger partial charge in [0.1, 0.15) is 6.10 Å². The third-order valence-corrected chi connectivity index (χ3v) is 2.33. The summed E-state index contributed by atoms with van der Waals surface area (Å²) in [5.74, 6) is -0.173. The van der Waals surface area contributed by atoms with E-state index in [1.165, 1.54) is 12.5 Å². The van der Waals surface area contributed by atoms with Crippen molar-refractivity contribution in [3.63, 3.8) is 0 Å². The van der Waals surface area contributed by atoms with E-state index in [0.717, 1.165) is 25.7 Å². The lowest BCUT2D eigenvalue weighted by Gasteiger charge is -2.13. The normalized spacial score (nSPS) is 13.9. The van der Waals surface area contributed by atoms with Crippen LogP contribution >= 0.6 is 0 Å². The molecule has 0 radical (unpaired) electrons. The van der Waals surface area contributed by atoms with Gasteiger partial charge in [0.15, 0.2) is 0 Å². The molecule has 0 N–H and O–H groups in total. The Bertz CT molecular complexity index is 194. The predicted molar refractivity (Wildman–Crippen MR) is 59.1 cm³/mol. The third kappa shape index (κ3) is 6.70. The van der Waals surface area contributed by atoms with Crippen molar-refractivity contribution in [2.45, 2.75) is 59.5 Å². The van der Waals surface area contributed by atoms with Gasteiger partial charge in [-0.1, -0.05) is 25.5 Å². The zero-order chi connectivity index (χ0) is 11.0. The van der Waals surface area contributed by atoms with Gasteiger partial charge in [-0.05, 0) is 32.6 Å². The number of esters is 1. The van der Waals surface area contributed by atoms with Gasteiger partial charge in [0.05, 0.1) is 0 Å². The molecule has 14 heavy (non-hydrogen) atoms. The van der Waals surface area contributed by atoms with E-state index in [1.54, 1.807) is 0 Å². The smallest absolute Gasteiger partial charge is 0.302 e. The van der Waals surface area contributed by atoms with Gasteiger partial charge in [-0.2, -0.15) is 0 Å². The van der Waals surface area contributed by atoms with Gasteiger partial charge in [-0.25, -0.2) is 0 Å². The van der Waals surface area contributed by atoms with E-state index in [0.29, 0.717) is 0 Å². The summed E-state index contributed by atoms with van der Waals surface area (Å²) in [6.07, 6.45) is 6.27. The minimum Gasteiger partial charge on any atom is -0.463 e. The van der Waals surface area contributed by atoms with Gasteiger partial charge in [0.25, 0.3) is 0 Å². The molecule has 0 heterocycles. The van der Waals surface area contributed by atoms with Crippen molar-refractivity contribution in [1.82, 2.24) is 0 Å². The highest BCUT2D eigenvalue weighted by atomic mass is 16.5. The highest BCUT2D eigenvalue weighted by molar-refractivity contribution is 5.66. The summed E-state index contributed by atoms with van der Waals surface area (Å²) in [7, 11) is 0. The maximum atomic E-state index is 10.7. The fourth-order valence-electron chi connectivity index (χ4n) is 1.24. The lowest BCUT2D eigenvalue weighted by atomic mass is 10.1. The summed E-state index contributed by atoms with van der Waals surface area (Å²) in [5, 5.41) is 0. The van der Waals surface area contributed by atoms with Crippen molar-refractivity contribution in [2.24, 2.45) is 0 Å². The van der Waals surface area contributed by atoms with E-state index in [1.807, 2.05) is 6.92 Å². The van der Waals surface area contributed by atoms with Crippen LogP contribution in [0.5, 0.6) is 0 Å². The second kappa shape index (κ2) is 7.60. The largest absolute Gasteiger partial charge is 0.463 e. The van der Waals surface area contributed by atoms with Crippen LogP contribution in [0.1, 0.15) is 53.4 Å². The van der Waals surface area contributed by atoms with Crippen LogP contribution in [0.2, 0.25) is 0 Å². The summed E-state index contributed by atoms with van der Waals surface area (Å²) in [4.78, 5) is 10.7. The number of hydrogen-bond acceptors (Lipinski definition) is 2. The van der Waals surface area contributed by atoms with Crippen molar-refractivity contribution >= 4 is 5.97 Å². The molecule has 0 aromatic heterocycles. The van der Waals surface area contributed by atoms with Crippen LogP contribution in [0.4, 0.5) is 0 Å². The molecular formula is C12H22O2. The van der Waals surface area contributed by atoms with Gasteiger partial charge in [-0.3, -0.25) is 4.79 Å². The van der Waals surface area contributed by atoms with E-state index in [9.17, 15) is 4.79 Å². The van der Waals surface area contributed by atoms with Crippen molar-refractivity contribution in [3.05, 3.63) is 11.6 Å². The zero-order valence-corrected chi connectivity index (χ0v) is 9.80. The molecule has 1 atom stereocenters. The molecule has 0 aliphatic heterocycles. The third-order valence-electron chi connectivity index (χ3n) is 2.33. The Kier molecular flexibility index (Phi) is 7.17. The maximum Gasteiger partial charge on any atom is 0.302 e. The first-order valence-electron chi connectivity index (χ1n) is 5.43. The van der Waals surface area contributed by atoms with Gasteiger partial charge < -0.3 is 4.74 Å². The van der Waals surface area contributed by atoms with Gasteiger partial charge in [0.2, 0.25) is 0 Å². The minimum atomic E-state index is -0.173. The summed E-state index contributed by atoms with van der Waals surface area (Å²) >= 11 is 0. The van der Waals surface area contributed by atoms with Crippen molar-refractivity contribution in [2.75, 3.05) is 0 Å². The van der Waals surface area contributed by atoms with Gasteiger partial charge in [0, 0.05) is 6.92 Å². The second-order valence-electron chi connectivity index (χ2n) is 3.62. The first kappa shape index (κ1) is 13.2. The van der Waals surface area contributed by atoms with Crippen molar-refractivity contribution < 1.29 is 9.53 Å². The van der Waals surface area contributed by atoms with Crippen LogP contribution < -0.4 is 0 Å². The number of hydrogen-bond donors (Lipinski definition) is 0. The Morgan fingerprint density at radius 3 is 2.43 bits per heavy atom. The van der Waals surface area contributed by atoms with Crippen LogP contribution in [0, 0.1) is 0 Å². The number of carbonyl (C=O) groups excluding carboxylic acids is 1. The number of carbonyl (C=O) groups is 1. The first-order chi connectivity index (χ1) is 6.60. The average Bonchev–Trinajstić information content (AvgIpc) is 2.15. The molecule has 2 nitrogen and oxygen atoms in total. The number of rotatable bonds is 6. The molecule has 0 rings (SSSR count). The van der Waals surface area contributed by atoms with E-state index in [4.69, 9.17) is 4.74 Å². The molecule has 0 amide bonds. The molecule has 0 spiro atoms. The van der Waals surface area contributed by atoms with Crippen LogP contribution in [0.3, 0.4) is 0 Å². The maximum absolute atomic E-state index is 10.7. The molecule has 0 bridgehead atoms. The van der Waals surface area contributed by atoms with Crippen LogP contribution in [-0.4, -0.2) is 12.1 Å². The Balaban J connectivity index is 3.78. The number of allylic oxidation sites excluding steroid dienone is 2. The number of ether oxygens (including phenoxy) is 1. The molecule has 0 saturated carbocycles. The van der Waals surface area contributed by atoms with Crippen LogP contribution in [0.15, 0.2) is 11.6 Å². The van der Waals surface area contributed by atoms with Gasteiger partial charge >= 0.3 is 5.97 Å². The summed E-state index contributed by atoms with van der Waals surface area (Å²) in [6, 6.07) is 0. The SMILES string of the molecule is CCC(C)=CCC[C@@H](CC)OC(C)=O. The quantitative estimate of drug-likeness (QED) is 0.482. The predicted octanol–water partition coefficient (Wildman–Crippen LogP) is 3.46. The van der Waals surface area contributed by atoms with E-state index in [-0.39, 0.29) is 12.1 Å². The molecule has 0 aromatic rings. The molecule has 0 aliphatic carbocycles. The molecule has 0 saturated heterocycles. The molecule has 82 valence electrons. The zero-order valence-electron chi connectivity index (χ0n) is 9.80. The molecular weight excluding hydrogens is 176 g/mol. The minimum absolute atomic E-state index is 0.0911. The Morgan fingerprint density at radius 2 is 2.00 bits per heavy atom. The monoisotopic (exact) mass is 198 g/mol. The topological polar surface area (TPSA) is 26.3 Å². The van der Waals surface area contributed by atoms with Crippen LogP contribution in [0.25, 0.3) is 0 Å².